The molecule has 0 unspecified atom stereocenters. The largest absolute Gasteiger partial charge is 0.339 e. The van der Waals surface area contributed by atoms with E-state index in [1.54, 1.807) is 22.4 Å². The van der Waals surface area contributed by atoms with Crippen LogP contribution < -0.4 is 5.56 Å². The van der Waals surface area contributed by atoms with Crippen LogP contribution in [0.25, 0.3) is 0 Å². The molecule has 1 aliphatic carbocycles. The molecule has 1 saturated carbocycles. The molecule has 4 rings (SSSR count). The fraction of sp³-hybridized carbons (Fsp3) is 0.588. The van der Waals surface area contributed by atoms with E-state index in [0.29, 0.717) is 38.4 Å². The van der Waals surface area contributed by atoms with Gasteiger partial charge in [-0.25, -0.2) is 18.1 Å². The monoisotopic (exact) mass is 377 g/mol. The van der Waals surface area contributed by atoms with Crippen LogP contribution in [0.4, 0.5) is 0 Å². The van der Waals surface area contributed by atoms with Crippen molar-refractivity contribution in [2.24, 2.45) is 13.0 Å². The van der Waals surface area contributed by atoms with Gasteiger partial charge in [-0.05, 0) is 37.7 Å². The molecule has 0 N–H and O–H groups in total. The lowest BCUT2D eigenvalue weighted by atomic mass is 9.98. The van der Waals surface area contributed by atoms with E-state index in [-0.39, 0.29) is 16.5 Å². The molecule has 140 valence electrons. The summed E-state index contributed by atoms with van der Waals surface area (Å²) in [7, 11) is -1.79. The SMILES string of the molecule is Cn1cnc(S(=O)(=O)N2CCC(Cn3nc(C4CC4)ccc3=O)CC2)c1. The molecule has 0 bridgehead atoms. The Hall–Kier alpha value is -2.00. The molecule has 0 aromatic carbocycles. The highest BCUT2D eigenvalue weighted by molar-refractivity contribution is 7.89. The second-order valence-electron chi connectivity index (χ2n) is 7.28. The van der Waals surface area contributed by atoms with Crippen LogP contribution in [-0.2, 0) is 23.6 Å². The summed E-state index contributed by atoms with van der Waals surface area (Å²) >= 11 is 0. The lowest BCUT2D eigenvalue weighted by Crippen LogP contribution is -2.40. The van der Waals surface area contributed by atoms with Crippen LogP contribution in [0.5, 0.6) is 0 Å². The van der Waals surface area contributed by atoms with E-state index in [1.165, 1.54) is 16.8 Å². The van der Waals surface area contributed by atoms with Gasteiger partial charge in [-0.15, -0.1) is 0 Å². The maximum atomic E-state index is 12.6. The molecule has 2 aliphatic rings. The molecule has 8 nitrogen and oxygen atoms in total. The summed E-state index contributed by atoms with van der Waals surface area (Å²) in [6.45, 7) is 1.44. The first-order chi connectivity index (χ1) is 12.4. The molecule has 0 radical (unpaired) electrons. The van der Waals surface area contributed by atoms with Crippen molar-refractivity contribution in [3.8, 4) is 0 Å². The van der Waals surface area contributed by atoms with Crippen molar-refractivity contribution in [1.29, 1.82) is 0 Å². The molecule has 2 aromatic rings. The summed E-state index contributed by atoms with van der Waals surface area (Å²) in [5, 5.41) is 4.60. The topological polar surface area (TPSA) is 90.1 Å². The molecular formula is C17H23N5O3S. The molecule has 9 heteroatoms. The van der Waals surface area contributed by atoms with Crippen LogP contribution in [0.2, 0.25) is 0 Å². The highest BCUT2D eigenvalue weighted by atomic mass is 32.2. The summed E-state index contributed by atoms with van der Waals surface area (Å²) in [4.78, 5) is 16.1. The molecule has 1 saturated heterocycles. The Morgan fingerprint density at radius 3 is 2.50 bits per heavy atom. The number of rotatable bonds is 5. The Morgan fingerprint density at radius 1 is 1.15 bits per heavy atom. The fourth-order valence-corrected chi connectivity index (χ4v) is 4.86. The van der Waals surface area contributed by atoms with Gasteiger partial charge in [0.1, 0.15) is 0 Å². The third-order valence-corrected chi connectivity index (χ3v) is 6.96. The van der Waals surface area contributed by atoms with Gasteiger partial charge in [0, 0.05) is 44.9 Å². The lowest BCUT2D eigenvalue weighted by Gasteiger charge is -2.30. The van der Waals surface area contributed by atoms with Gasteiger partial charge in [-0.1, -0.05) is 0 Å². The standard InChI is InChI=1S/C17H23N5O3S/c1-20-11-16(18-12-20)26(24,25)21-8-6-13(7-9-21)10-22-17(23)5-4-15(19-22)14-2-3-14/h4-5,11-14H,2-3,6-10H2,1H3. The number of aromatic nitrogens is 4. The van der Waals surface area contributed by atoms with Crippen LogP contribution in [0.15, 0.2) is 34.5 Å². The third-order valence-electron chi connectivity index (χ3n) is 5.17. The molecule has 0 amide bonds. The summed E-state index contributed by atoms with van der Waals surface area (Å²) in [5.41, 5.74) is 0.915. The quantitative estimate of drug-likeness (QED) is 0.774. The molecular weight excluding hydrogens is 354 g/mol. The first-order valence-electron chi connectivity index (χ1n) is 8.99. The van der Waals surface area contributed by atoms with Gasteiger partial charge in [0.25, 0.3) is 15.6 Å². The van der Waals surface area contributed by atoms with Crippen molar-refractivity contribution in [3.05, 3.63) is 40.7 Å². The minimum atomic E-state index is -3.54. The summed E-state index contributed by atoms with van der Waals surface area (Å²) in [5.74, 6) is 0.761. The predicted octanol–water partition coefficient (Wildman–Crippen LogP) is 0.955. The van der Waals surface area contributed by atoms with Gasteiger partial charge < -0.3 is 4.57 Å². The van der Waals surface area contributed by atoms with Crippen molar-refractivity contribution in [2.75, 3.05) is 13.1 Å². The van der Waals surface area contributed by atoms with Crippen LogP contribution in [0.1, 0.15) is 37.3 Å². The van der Waals surface area contributed by atoms with E-state index < -0.39 is 10.0 Å². The average molecular weight is 377 g/mol. The molecule has 0 atom stereocenters. The van der Waals surface area contributed by atoms with E-state index >= 15 is 0 Å². The maximum Gasteiger partial charge on any atom is 0.266 e. The number of hydrogen-bond acceptors (Lipinski definition) is 5. The zero-order valence-electron chi connectivity index (χ0n) is 14.8. The Balaban J connectivity index is 1.41. The predicted molar refractivity (Wildman–Crippen MR) is 95.2 cm³/mol. The van der Waals surface area contributed by atoms with E-state index in [2.05, 4.69) is 10.1 Å². The Labute approximate surface area is 152 Å². The summed E-state index contributed by atoms with van der Waals surface area (Å²) in [6.07, 6.45) is 6.74. The average Bonchev–Trinajstić information content (AvgIpc) is 3.38. The zero-order valence-corrected chi connectivity index (χ0v) is 15.6. The van der Waals surface area contributed by atoms with Crippen molar-refractivity contribution in [2.45, 2.75) is 43.2 Å². The molecule has 0 spiro atoms. The summed E-state index contributed by atoms with van der Waals surface area (Å²) in [6, 6.07) is 3.43. The van der Waals surface area contributed by atoms with Gasteiger partial charge in [0.05, 0.1) is 12.0 Å². The first-order valence-corrected chi connectivity index (χ1v) is 10.4. The highest BCUT2D eigenvalue weighted by Gasteiger charge is 2.31. The van der Waals surface area contributed by atoms with E-state index in [4.69, 9.17) is 0 Å². The summed E-state index contributed by atoms with van der Waals surface area (Å²) < 4.78 is 29.9. The first kappa shape index (κ1) is 17.4. The lowest BCUT2D eigenvalue weighted by molar-refractivity contribution is 0.243. The number of aryl methyl sites for hydroxylation is 1. The van der Waals surface area contributed by atoms with Gasteiger partial charge >= 0.3 is 0 Å². The third kappa shape index (κ3) is 3.45. The van der Waals surface area contributed by atoms with Crippen LogP contribution >= 0.6 is 0 Å². The number of nitrogens with zero attached hydrogens (tertiary/aromatic N) is 5. The Bertz CT molecular complexity index is 953. The molecule has 1 aliphatic heterocycles. The van der Waals surface area contributed by atoms with Gasteiger partial charge in [-0.2, -0.15) is 9.40 Å². The smallest absolute Gasteiger partial charge is 0.266 e. The number of imidazole rings is 1. The van der Waals surface area contributed by atoms with Crippen LogP contribution in [0.3, 0.4) is 0 Å². The Kier molecular flexibility index (Phi) is 4.44. The highest BCUT2D eigenvalue weighted by Crippen LogP contribution is 2.38. The van der Waals surface area contributed by atoms with E-state index in [9.17, 15) is 13.2 Å². The second-order valence-corrected chi connectivity index (χ2v) is 9.16. The molecule has 26 heavy (non-hydrogen) atoms. The zero-order chi connectivity index (χ0) is 18.3. The van der Waals surface area contributed by atoms with Gasteiger partial charge in [0.15, 0.2) is 5.03 Å². The molecule has 3 heterocycles. The molecule has 2 fully saturated rings. The van der Waals surface area contributed by atoms with Gasteiger partial charge in [-0.3, -0.25) is 4.79 Å². The minimum absolute atomic E-state index is 0.0852. The van der Waals surface area contributed by atoms with Crippen LogP contribution in [-0.4, -0.2) is 45.1 Å². The Morgan fingerprint density at radius 2 is 1.88 bits per heavy atom. The minimum Gasteiger partial charge on any atom is -0.339 e. The number of piperidine rings is 1. The van der Waals surface area contributed by atoms with Crippen molar-refractivity contribution in [1.82, 2.24) is 23.6 Å². The maximum absolute atomic E-state index is 12.6. The van der Waals surface area contributed by atoms with Crippen molar-refractivity contribution >= 4 is 10.0 Å². The second kappa shape index (κ2) is 6.62. The fourth-order valence-electron chi connectivity index (χ4n) is 3.42. The van der Waals surface area contributed by atoms with Crippen molar-refractivity contribution in [3.63, 3.8) is 0 Å². The normalized spacial score (nSPS) is 19.7. The van der Waals surface area contributed by atoms with Gasteiger partial charge in [0.2, 0.25) is 0 Å². The molecule has 2 aromatic heterocycles. The number of hydrogen-bond donors (Lipinski definition) is 0. The number of sulfonamides is 1. The van der Waals surface area contributed by atoms with E-state index in [1.807, 2.05) is 6.07 Å². The van der Waals surface area contributed by atoms with Crippen LogP contribution in [0, 0.1) is 5.92 Å². The van der Waals surface area contributed by atoms with Crippen molar-refractivity contribution < 1.29 is 8.42 Å². The van der Waals surface area contributed by atoms with E-state index in [0.717, 1.165) is 18.5 Å².